The minimum atomic E-state index is 0.260. The molecule has 0 fully saturated rings. The van der Waals surface area contributed by atoms with Crippen LogP contribution < -0.4 is 0 Å². The van der Waals surface area contributed by atoms with Gasteiger partial charge in [0, 0.05) is 11.8 Å². The Morgan fingerprint density at radius 3 is 2.20 bits per heavy atom. The van der Waals surface area contributed by atoms with Gasteiger partial charge in [0.05, 0.1) is 0 Å². The summed E-state index contributed by atoms with van der Waals surface area (Å²) in [7, 11) is 0. The standard InChI is InChI=1S/C10H13/c1-5-9(3)7-8-10(4)6-2/h1,9-10H,7-8H2,3-4H3. The van der Waals surface area contributed by atoms with Crippen molar-refractivity contribution in [1.29, 1.82) is 0 Å². The minimum absolute atomic E-state index is 0.260. The van der Waals surface area contributed by atoms with Crippen LogP contribution in [0.2, 0.25) is 0 Å². The fourth-order valence-electron chi connectivity index (χ4n) is 0.656. The highest BCUT2D eigenvalue weighted by Gasteiger charge is 2.00. The van der Waals surface area contributed by atoms with Crippen molar-refractivity contribution in [3.8, 4) is 18.3 Å². The van der Waals surface area contributed by atoms with Gasteiger partial charge in [-0.25, -0.2) is 0 Å². The Morgan fingerprint density at radius 1 is 1.30 bits per heavy atom. The second kappa shape index (κ2) is 4.95. The van der Waals surface area contributed by atoms with Crippen LogP contribution in [0.4, 0.5) is 0 Å². The van der Waals surface area contributed by atoms with Crippen LogP contribution in [0.1, 0.15) is 26.7 Å². The summed E-state index contributed by atoms with van der Waals surface area (Å²) >= 11 is 0. The molecule has 53 valence electrons. The van der Waals surface area contributed by atoms with Crippen LogP contribution in [0.5, 0.6) is 0 Å². The molecule has 2 atom stereocenters. The zero-order valence-corrected chi connectivity index (χ0v) is 6.65. The molecule has 0 rings (SSSR count). The monoisotopic (exact) mass is 133 g/mol. The van der Waals surface area contributed by atoms with Gasteiger partial charge in [-0.1, -0.05) is 19.8 Å². The molecule has 0 aliphatic rings. The van der Waals surface area contributed by atoms with Gasteiger partial charge in [0.2, 0.25) is 0 Å². The number of hydrogen-bond donors (Lipinski definition) is 0. The first-order valence-corrected chi connectivity index (χ1v) is 3.59. The van der Waals surface area contributed by atoms with Crippen LogP contribution in [0.3, 0.4) is 0 Å². The largest absolute Gasteiger partial charge is 0.120 e. The van der Waals surface area contributed by atoms with Crippen molar-refractivity contribution >= 4 is 0 Å². The van der Waals surface area contributed by atoms with Crippen molar-refractivity contribution in [3.05, 3.63) is 6.42 Å². The quantitative estimate of drug-likeness (QED) is 0.518. The van der Waals surface area contributed by atoms with Gasteiger partial charge in [0.1, 0.15) is 0 Å². The van der Waals surface area contributed by atoms with Crippen molar-refractivity contribution in [1.82, 2.24) is 0 Å². The lowest BCUT2D eigenvalue weighted by molar-refractivity contribution is 0.556. The molecule has 0 spiro atoms. The van der Waals surface area contributed by atoms with Gasteiger partial charge in [0.25, 0.3) is 0 Å². The summed E-state index contributed by atoms with van der Waals surface area (Å²) < 4.78 is 0. The Bertz CT molecular complexity index is 134. The summed E-state index contributed by atoms with van der Waals surface area (Å²) in [4.78, 5) is 0. The minimum Gasteiger partial charge on any atom is -0.120 e. The number of hydrogen-bond acceptors (Lipinski definition) is 0. The van der Waals surface area contributed by atoms with Gasteiger partial charge in [-0.15, -0.1) is 12.3 Å². The molecule has 1 radical (unpaired) electrons. The SMILES string of the molecule is [C]#CC(C)CCC(C)C#C. The van der Waals surface area contributed by atoms with E-state index in [1.807, 2.05) is 13.8 Å². The van der Waals surface area contributed by atoms with E-state index in [0.717, 1.165) is 12.8 Å². The molecule has 10 heavy (non-hydrogen) atoms. The van der Waals surface area contributed by atoms with Crippen molar-refractivity contribution in [3.63, 3.8) is 0 Å². The highest BCUT2D eigenvalue weighted by Crippen LogP contribution is 2.09. The third kappa shape index (κ3) is 4.04. The van der Waals surface area contributed by atoms with Crippen LogP contribution in [0.15, 0.2) is 0 Å². The third-order valence-electron chi connectivity index (χ3n) is 1.56. The van der Waals surface area contributed by atoms with Crippen LogP contribution in [-0.2, 0) is 0 Å². The van der Waals surface area contributed by atoms with Gasteiger partial charge in [0.15, 0.2) is 0 Å². The molecule has 0 aliphatic heterocycles. The van der Waals surface area contributed by atoms with Gasteiger partial charge in [-0.2, -0.15) is 0 Å². The van der Waals surface area contributed by atoms with Crippen LogP contribution in [0.25, 0.3) is 0 Å². The van der Waals surface area contributed by atoms with Crippen molar-refractivity contribution in [2.45, 2.75) is 26.7 Å². The molecule has 0 nitrogen and oxygen atoms in total. The maximum Gasteiger partial charge on any atom is 0.0185 e. The molecule has 0 amide bonds. The molecule has 2 unspecified atom stereocenters. The van der Waals surface area contributed by atoms with Crippen molar-refractivity contribution < 1.29 is 0 Å². The van der Waals surface area contributed by atoms with E-state index in [2.05, 4.69) is 11.8 Å². The topological polar surface area (TPSA) is 0 Å². The molecule has 0 aromatic carbocycles. The molecular weight excluding hydrogens is 120 g/mol. The first kappa shape index (κ1) is 9.12. The maximum atomic E-state index is 6.81. The molecule has 0 aromatic rings. The lowest BCUT2D eigenvalue weighted by atomic mass is 9.99. The van der Waals surface area contributed by atoms with Gasteiger partial charge in [-0.3, -0.25) is 0 Å². The van der Waals surface area contributed by atoms with Crippen LogP contribution in [-0.4, -0.2) is 0 Å². The van der Waals surface area contributed by atoms with E-state index < -0.39 is 0 Å². The molecule has 0 heterocycles. The third-order valence-corrected chi connectivity index (χ3v) is 1.56. The molecule has 0 bridgehead atoms. The molecular formula is C10H13. The maximum absolute atomic E-state index is 6.81. The summed E-state index contributed by atoms with van der Waals surface area (Å²) in [6.45, 7) is 4.01. The fraction of sp³-hybridized carbons (Fsp3) is 0.600. The average molecular weight is 133 g/mol. The molecule has 0 saturated heterocycles. The summed E-state index contributed by atoms with van der Waals surface area (Å²) in [5.74, 6) is 5.68. The van der Waals surface area contributed by atoms with Crippen LogP contribution >= 0.6 is 0 Å². The van der Waals surface area contributed by atoms with Crippen LogP contribution in [0, 0.1) is 36.5 Å². The lowest BCUT2D eigenvalue weighted by Gasteiger charge is -2.04. The van der Waals surface area contributed by atoms with E-state index in [4.69, 9.17) is 12.8 Å². The molecule has 0 heteroatoms. The predicted molar refractivity (Wildman–Crippen MR) is 43.5 cm³/mol. The van der Waals surface area contributed by atoms with E-state index >= 15 is 0 Å². The smallest absolute Gasteiger partial charge is 0.0185 e. The Balaban J connectivity index is 3.40. The Kier molecular flexibility index (Phi) is 4.51. The lowest BCUT2D eigenvalue weighted by Crippen LogP contribution is -1.95. The second-order valence-electron chi connectivity index (χ2n) is 2.69. The van der Waals surface area contributed by atoms with Gasteiger partial charge >= 0.3 is 0 Å². The second-order valence-corrected chi connectivity index (χ2v) is 2.69. The highest BCUT2D eigenvalue weighted by molar-refractivity contribution is 4.92. The normalized spacial score (nSPS) is 14.8. The predicted octanol–water partition coefficient (Wildman–Crippen LogP) is 2.26. The Morgan fingerprint density at radius 2 is 1.80 bits per heavy atom. The summed E-state index contributed by atoms with van der Waals surface area (Å²) in [5, 5.41) is 0. The zero-order valence-electron chi connectivity index (χ0n) is 6.65. The van der Waals surface area contributed by atoms with E-state index in [9.17, 15) is 0 Å². The van der Waals surface area contributed by atoms with Gasteiger partial charge < -0.3 is 0 Å². The van der Waals surface area contributed by atoms with E-state index in [0.29, 0.717) is 5.92 Å². The first-order chi connectivity index (χ1) is 4.70. The Hall–Kier alpha value is -0.880. The molecule has 0 saturated carbocycles. The van der Waals surface area contributed by atoms with E-state index in [1.54, 1.807) is 0 Å². The molecule has 0 aromatic heterocycles. The van der Waals surface area contributed by atoms with Crippen molar-refractivity contribution in [2.24, 2.45) is 11.8 Å². The molecule has 0 N–H and O–H groups in total. The average Bonchev–Trinajstić information content (AvgIpc) is 1.99. The summed E-state index contributed by atoms with van der Waals surface area (Å²) in [6.07, 6.45) is 14.0. The summed E-state index contributed by atoms with van der Waals surface area (Å²) in [5.41, 5.74) is 0. The highest BCUT2D eigenvalue weighted by atomic mass is 14.0. The van der Waals surface area contributed by atoms with Gasteiger partial charge in [-0.05, 0) is 19.3 Å². The van der Waals surface area contributed by atoms with E-state index in [-0.39, 0.29) is 5.92 Å². The number of rotatable bonds is 3. The first-order valence-electron chi connectivity index (χ1n) is 3.59. The number of terminal acetylenes is 1. The zero-order chi connectivity index (χ0) is 7.98. The molecule has 0 aliphatic carbocycles. The van der Waals surface area contributed by atoms with E-state index in [1.165, 1.54) is 0 Å². The Labute approximate surface area is 64.0 Å². The summed E-state index contributed by atoms with van der Waals surface area (Å²) in [6, 6.07) is 0. The fourth-order valence-corrected chi connectivity index (χ4v) is 0.656. The van der Waals surface area contributed by atoms with Crippen molar-refractivity contribution in [2.75, 3.05) is 0 Å².